The summed E-state index contributed by atoms with van der Waals surface area (Å²) in [4.78, 5) is 32.5. The molecule has 4 heterocycles. The van der Waals surface area contributed by atoms with Crippen LogP contribution >= 0.6 is 11.3 Å². The van der Waals surface area contributed by atoms with Crippen LogP contribution in [0.2, 0.25) is 0 Å². The van der Waals surface area contributed by atoms with Crippen molar-refractivity contribution in [2.24, 2.45) is 5.92 Å². The first-order valence-electron chi connectivity index (χ1n) is 11.0. The largest absolute Gasteiger partial charge is 0.486 e. The van der Waals surface area contributed by atoms with E-state index < -0.39 is 0 Å². The Labute approximate surface area is 189 Å². The van der Waals surface area contributed by atoms with E-state index in [1.54, 1.807) is 12.1 Å². The molecule has 2 aromatic heterocycles. The van der Waals surface area contributed by atoms with Crippen LogP contribution in [0.25, 0.3) is 4.96 Å². The lowest BCUT2D eigenvalue weighted by Gasteiger charge is -2.30. The molecule has 168 valence electrons. The van der Waals surface area contributed by atoms with Crippen LogP contribution in [0.4, 0.5) is 10.8 Å². The number of carbonyl (C=O) groups excluding carboxylic acids is 1. The number of amides is 1. The molecular formula is C22H25N5O4S. The number of rotatable bonds is 5. The molecule has 1 saturated heterocycles. The smallest absolute Gasteiger partial charge is 0.275 e. The molecule has 0 saturated carbocycles. The van der Waals surface area contributed by atoms with E-state index in [1.807, 2.05) is 12.1 Å². The molecule has 1 N–H and O–H groups in total. The summed E-state index contributed by atoms with van der Waals surface area (Å²) >= 11 is 1.42. The van der Waals surface area contributed by atoms with Crippen molar-refractivity contribution in [1.82, 2.24) is 14.6 Å². The number of benzene rings is 1. The number of nitrogens with zero attached hydrogens (tertiary/aromatic N) is 4. The summed E-state index contributed by atoms with van der Waals surface area (Å²) in [7, 11) is 0. The molecule has 0 unspecified atom stereocenters. The quantitative estimate of drug-likeness (QED) is 0.632. The van der Waals surface area contributed by atoms with E-state index in [0.717, 1.165) is 36.5 Å². The highest BCUT2D eigenvalue weighted by atomic mass is 32.1. The molecule has 32 heavy (non-hydrogen) atoms. The van der Waals surface area contributed by atoms with Gasteiger partial charge in [0.25, 0.3) is 5.56 Å². The average molecular weight is 456 g/mol. The van der Waals surface area contributed by atoms with Crippen molar-refractivity contribution in [3.63, 3.8) is 0 Å². The molecule has 9 nitrogen and oxygen atoms in total. The van der Waals surface area contributed by atoms with Gasteiger partial charge in [0.05, 0.1) is 0 Å². The van der Waals surface area contributed by atoms with Gasteiger partial charge in [-0.15, -0.1) is 5.10 Å². The Balaban J connectivity index is 1.22. The monoisotopic (exact) mass is 455 g/mol. The first-order valence-corrected chi connectivity index (χ1v) is 11.8. The van der Waals surface area contributed by atoms with E-state index in [9.17, 15) is 9.59 Å². The third-order valence-electron chi connectivity index (χ3n) is 5.74. The zero-order chi connectivity index (χ0) is 22.1. The van der Waals surface area contributed by atoms with Gasteiger partial charge in [-0.2, -0.15) is 4.52 Å². The Hall–Kier alpha value is -3.14. The van der Waals surface area contributed by atoms with Crippen LogP contribution in [0.15, 0.2) is 29.1 Å². The molecule has 0 radical (unpaired) electrons. The van der Waals surface area contributed by atoms with Gasteiger partial charge >= 0.3 is 0 Å². The predicted octanol–water partition coefficient (Wildman–Crippen LogP) is 2.73. The SMILES string of the molecule is CCCc1cc(=O)n2nc(N3CCC(C(=O)Nc4ccc5c(c4)OCCO5)CC3)sc2n1. The normalized spacial score (nSPS) is 16.3. The summed E-state index contributed by atoms with van der Waals surface area (Å²) in [6.45, 7) is 4.52. The molecule has 0 atom stereocenters. The fraction of sp³-hybridized carbons (Fsp3) is 0.455. The van der Waals surface area contributed by atoms with Crippen LogP contribution in [0.5, 0.6) is 11.5 Å². The zero-order valence-electron chi connectivity index (χ0n) is 17.9. The Bertz CT molecular complexity index is 1200. The number of aromatic nitrogens is 3. The summed E-state index contributed by atoms with van der Waals surface area (Å²) in [5.74, 6) is 1.29. The molecule has 10 heteroatoms. The maximum Gasteiger partial charge on any atom is 0.275 e. The molecule has 0 spiro atoms. The van der Waals surface area contributed by atoms with Gasteiger partial charge in [-0.1, -0.05) is 24.7 Å². The van der Waals surface area contributed by atoms with Gasteiger partial charge in [0.15, 0.2) is 11.5 Å². The summed E-state index contributed by atoms with van der Waals surface area (Å²) in [5.41, 5.74) is 1.37. The van der Waals surface area contributed by atoms with Crippen molar-refractivity contribution in [2.45, 2.75) is 32.6 Å². The molecule has 3 aromatic rings. The second-order valence-corrected chi connectivity index (χ2v) is 8.96. The van der Waals surface area contributed by atoms with Crippen molar-refractivity contribution < 1.29 is 14.3 Å². The molecule has 5 rings (SSSR count). The lowest BCUT2D eigenvalue weighted by atomic mass is 9.96. The number of hydrogen-bond donors (Lipinski definition) is 1. The number of piperidine rings is 1. The highest BCUT2D eigenvalue weighted by Gasteiger charge is 2.27. The van der Waals surface area contributed by atoms with E-state index in [0.29, 0.717) is 48.5 Å². The molecule has 2 aliphatic rings. The second kappa shape index (κ2) is 8.78. The minimum atomic E-state index is -0.144. The third-order valence-corrected chi connectivity index (χ3v) is 6.71. The predicted molar refractivity (Wildman–Crippen MR) is 122 cm³/mol. The van der Waals surface area contributed by atoms with Gasteiger partial charge in [-0.25, -0.2) is 4.98 Å². The summed E-state index contributed by atoms with van der Waals surface area (Å²) in [6.07, 6.45) is 3.16. The first-order chi connectivity index (χ1) is 15.6. The van der Waals surface area contributed by atoms with E-state index >= 15 is 0 Å². The number of carbonyl (C=O) groups is 1. The number of aryl methyl sites for hydroxylation is 1. The fourth-order valence-electron chi connectivity index (χ4n) is 4.06. The lowest BCUT2D eigenvalue weighted by molar-refractivity contribution is -0.120. The summed E-state index contributed by atoms with van der Waals surface area (Å²) < 4.78 is 12.5. The number of hydrogen-bond acceptors (Lipinski definition) is 8. The molecular weight excluding hydrogens is 430 g/mol. The van der Waals surface area contributed by atoms with Crippen molar-refractivity contribution in [3.05, 3.63) is 40.3 Å². The Morgan fingerprint density at radius 3 is 2.75 bits per heavy atom. The van der Waals surface area contributed by atoms with Gasteiger partial charge in [0, 0.05) is 42.5 Å². The topological polar surface area (TPSA) is 98.1 Å². The van der Waals surface area contributed by atoms with E-state index in [1.165, 1.54) is 15.9 Å². The van der Waals surface area contributed by atoms with Gasteiger partial charge in [0.2, 0.25) is 16.0 Å². The minimum absolute atomic E-state index is 0.00715. The molecule has 1 aromatic carbocycles. The van der Waals surface area contributed by atoms with Gasteiger partial charge < -0.3 is 19.7 Å². The van der Waals surface area contributed by atoms with Crippen molar-refractivity contribution in [3.8, 4) is 11.5 Å². The number of nitrogens with one attached hydrogen (secondary N) is 1. The Kier molecular flexibility index (Phi) is 5.69. The van der Waals surface area contributed by atoms with Crippen LogP contribution in [0.1, 0.15) is 31.9 Å². The van der Waals surface area contributed by atoms with Crippen molar-refractivity contribution >= 4 is 33.0 Å². The fourth-order valence-corrected chi connectivity index (χ4v) is 5.03. The van der Waals surface area contributed by atoms with E-state index in [-0.39, 0.29) is 17.4 Å². The number of fused-ring (bicyclic) bond motifs is 2. The summed E-state index contributed by atoms with van der Waals surface area (Å²) in [6, 6.07) is 7.02. The van der Waals surface area contributed by atoms with Crippen LogP contribution in [-0.2, 0) is 11.2 Å². The Morgan fingerprint density at radius 2 is 1.97 bits per heavy atom. The molecule has 0 aliphatic carbocycles. The van der Waals surface area contributed by atoms with Crippen LogP contribution in [-0.4, -0.2) is 46.8 Å². The van der Waals surface area contributed by atoms with Gasteiger partial charge in [0.1, 0.15) is 13.2 Å². The van der Waals surface area contributed by atoms with Crippen LogP contribution in [0, 0.1) is 5.92 Å². The number of ether oxygens (including phenoxy) is 2. The second-order valence-electron chi connectivity index (χ2n) is 8.02. The Morgan fingerprint density at radius 1 is 1.19 bits per heavy atom. The highest BCUT2D eigenvalue weighted by Crippen LogP contribution is 2.33. The number of anilines is 2. The summed E-state index contributed by atoms with van der Waals surface area (Å²) in [5, 5.41) is 8.25. The van der Waals surface area contributed by atoms with Crippen molar-refractivity contribution in [2.75, 3.05) is 36.5 Å². The standard InChI is InChI=1S/C22H25N5O4S/c1-2-3-15-13-19(28)27-21(24-15)32-22(25-27)26-8-6-14(7-9-26)20(29)23-16-4-5-17-18(12-16)31-11-10-30-17/h4-5,12-14H,2-3,6-11H2,1H3,(H,23,29). The van der Waals surface area contributed by atoms with Gasteiger partial charge in [-0.3, -0.25) is 9.59 Å². The highest BCUT2D eigenvalue weighted by molar-refractivity contribution is 7.20. The molecule has 2 aliphatic heterocycles. The maximum atomic E-state index is 12.8. The third kappa shape index (κ3) is 4.14. The van der Waals surface area contributed by atoms with Crippen LogP contribution < -0.4 is 25.2 Å². The van der Waals surface area contributed by atoms with Crippen LogP contribution in [0.3, 0.4) is 0 Å². The van der Waals surface area contributed by atoms with Crippen molar-refractivity contribution in [1.29, 1.82) is 0 Å². The van der Waals surface area contributed by atoms with E-state index in [2.05, 4.69) is 27.2 Å². The zero-order valence-corrected chi connectivity index (χ0v) is 18.7. The van der Waals surface area contributed by atoms with Gasteiger partial charge in [-0.05, 0) is 31.4 Å². The minimum Gasteiger partial charge on any atom is -0.486 e. The lowest BCUT2D eigenvalue weighted by Crippen LogP contribution is -2.38. The van der Waals surface area contributed by atoms with E-state index in [4.69, 9.17) is 9.47 Å². The molecule has 1 amide bonds. The maximum absolute atomic E-state index is 12.8. The molecule has 0 bridgehead atoms. The first kappa shape index (κ1) is 20.7. The average Bonchev–Trinajstić information content (AvgIpc) is 3.24. The molecule has 1 fully saturated rings.